The maximum atomic E-state index is 3.38. The van der Waals surface area contributed by atoms with Crippen LogP contribution in [0.25, 0.3) is 0 Å². The van der Waals surface area contributed by atoms with E-state index in [4.69, 9.17) is 0 Å². The number of rotatable bonds is 0. The van der Waals surface area contributed by atoms with E-state index in [1.165, 1.54) is 32.1 Å². The molecule has 0 aromatic rings. The highest BCUT2D eigenvalue weighted by atomic mass is 28.3. The van der Waals surface area contributed by atoms with E-state index in [1.54, 1.807) is 5.57 Å². The molecule has 0 unspecified atom stereocenters. The monoisotopic (exact) mass is 192 g/mol. The van der Waals surface area contributed by atoms with Gasteiger partial charge >= 0.3 is 0 Å². The van der Waals surface area contributed by atoms with E-state index in [0.717, 1.165) is 0 Å². The maximum Gasteiger partial charge on any atom is 0.129 e. The van der Waals surface area contributed by atoms with Crippen LogP contribution in [-0.4, -0.2) is 8.07 Å². The first-order valence-corrected chi connectivity index (χ1v) is 8.78. The molecule has 0 aromatic heterocycles. The van der Waals surface area contributed by atoms with Crippen LogP contribution in [0, 0.1) is 11.5 Å². The third kappa shape index (κ3) is 4.95. The Balaban J connectivity index is 2.49. The van der Waals surface area contributed by atoms with E-state index in [-0.39, 0.29) is 0 Å². The summed E-state index contributed by atoms with van der Waals surface area (Å²) in [4.78, 5) is 0. The topological polar surface area (TPSA) is 0 Å². The van der Waals surface area contributed by atoms with Crippen molar-refractivity contribution in [3.8, 4) is 11.5 Å². The summed E-state index contributed by atoms with van der Waals surface area (Å²) < 4.78 is 0. The summed E-state index contributed by atoms with van der Waals surface area (Å²) in [6, 6.07) is 0. The maximum absolute atomic E-state index is 3.38. The zero-order valence-corrected chi connectivity index (χ0v) is 10.1. The largest absolute Gasteiger partial charge is 0.129 e. The molecule has 1 aliphatic rings. The van der Waals surface area contributed by atoms with Gasteiger partial charge in [-0.2, -0.15) is 0 Å². The van der Waals surface area contributed by atoms with E-state index in [0.29, 0.717) is 0 Å². The molecule has 72 valence electrons. The van der Waals surface area contributed by atoms with Crippen molar-refractivity contribution in [3.63, 3.8) is 0 Å². The number of allylic oxidation sites excluding steroid dienone is 2. The Morgan fingerprint density at radius 2 is 1.69 bits per heavy atom. The van der Waals surface area contributed by atoms with Gasteiger partial charge in [0.1, 0.15) is 8.07 Å². The van der Waals surface area contributed by atoms with Gasteiger partial charge in [-0.05, 0) is 31.8 Å². The smallest absolute Gasteiger partial charge is 0.127 e. The van der Waals surface area contributed by atoms with E-state index < -0.39 is 8.07 Å². The van der Waals surface area contributed by atoms with Crippen molar-refractivity contribution in [1.82, 2.24) is 0 Å². The van der Waals surface area contributed by atoms with Crippen LogP contribution < -0.4 is 0 Å². The van der Waals surface area contributed by atoms with Crippen LogP contribution in [0.4, 0.5) is 0 Å². The molecule has 0 nitrogen and oxygen atoms in total. The van der Waals surface area contributed by atoms with Crippen molar-refractivity contribution in [2.75, 3.05) is 0 Å². The Morgan fingerprint density at radius 1 is 1.08 bits per heavy atom. The molecule has 0 radical (unpaired) electrons. The van der Waals surface area contributed by atoms with Crippen molar-refractivity contribution in [3.05, 3.63) is 11.6 Å². The molecule has 1 fully saturated rings. The lowest BCUT2D eigenvalue weighted by Crippen LogP contribution is -2.16. The van der Waals surface area contributed by atoms with Crippen molar-refractivity contribution in [2.45, 2.75) is 51.7 Å². The predicted molar refractivity (Wildman–Crippen MR) is 62.3 cm³/mol. The molecule has 0 aliphatic heterocycles. The van der Waals surface area contributed by atoms with E-state index in [2.05, 4.69) is 37.2 Å². The van der Waals surface area contributed by atoms with Gasteiger partial charge in [0.25, 0.3) is 0 Å². The minimum Gasteiger partial charge on any atom is -0.127 e. The lowest BCUT2D eigenvalue weighted by atomic mass is 9.95. The Hall–Kier alpha value is -0.483. The van der Waals surface area contributed by atoms with Crippen LogP contribution >= 0.6 is 0 Å². The molecule has 1 aliphatic carbocycles. The van der Waals surface area contributed by atoms with Gasteiger partial charge in [0.15, 0.2) is 0 Å². The van der Waals surface area contributed by atoms with Crippen molar-refractivity contribution in [1.29, 1.82) is 0 Å². The van der Waals surface area contributed by atoms with Crippen molar-refractivity contribution in [2.24, 2.45) is 0 Å². The predicted octanol–water partition coefficient (Wildman–Crippen LogP) is 3.76. The molecule has 0 saturated heterocycles. The normalized spacial score (nSPS) is 17.6. The second kappa shape index (κ2) is 4.67. The average Bonchev–Trinajstić information content (AvgIpc) is 2.04. The van der Waals surface area contributed by atoms with Crippen LogP contribution in [-0.2, 0) is 0 Å². The Kier molecular flexibility index (Phi) is 3.81. The fraction of sp³-hybridized carbons (Fsp3) is 0.667. The first kappa shape index (κ1) is 10.6. The van der Waals surface area contributed by atoms with Gasteiger partial charge in [0.2, 0.25) is 0 Å². The zero-order valence-electron chi connectivity index (χ0n) is 9.11. The van der Waals surface area contributed by atoms with Crippen molar-refractivity contribution < 1.29 is 0 Å². The molecule has 0 heterocycles. The molecule has 1 heteroatoms. The summed E-state index contributed by atoms with van der Waals surface area (Å²) in [6.07, 6.45) is 8.93. The van der Waals surface area contributed by atoms with Crippen LogP contribution in [0.3, 0.4) is 0 Å². The molecule has 0 amide bonds. The third-order valence-electron chi connectivity index (χ3n) is 2.22. The third-order valence-corrected chi connectivity index (χ3v) is 3.11. The van der Waals surface area contributed by atoms with E-state index in [1.807, 2.05) is 0 Å². The van der Waals surface area contributed by atoms with Crippen LogP contribution in [0.1, 0.15) is 32.1 Å². The molecule has 0 atom stereocenters. The summed E-state index contributed by atoms with van der Waals surface area (Å²) in [5, 5.41) is 0. The summed E-state index contributed by atoms with van der Waals surface area (Å²) >= 11 is 0. The zero-order chi connectivity index (χ0) is 9.73. The van der Waals surface area contributed by atoms with Gasteiger partial charge in [0, 0.05) is 0 Å². The second-order valence-electron chi connectivity index (χ2n) is 4.88. The highest BCUT2D eigenvalue weighted by Gasteiger charge is 2.07. The molecule has 13 heavy (non-hydrogen) atoms. The molecular weight excluding hydrogens is 172 g/mol. The molecular formula is C12H20Si. The summed E-state index contributed by atoms with van der Waals surface area (Å²) in [5.41, 5.74) is 4.96. The Morgan fingerprint density at radius 3 is 2.23 bits per heavy atom. The highest BCUT2D eigenvalue weighted by molar-refractivity contribution is 6.83. The molecule has 1 saturated carbocycles. The van der Waals surface area contributed by atoms with Crippen LogP contribution in [0.2, 0.25) is 19.6 Å². The van der Waals surface area contributed by atoms with Crippen LogP contribution in [0.15, 0.2) is 11.6 Å². The van der Waals surface area contributed by atoms with Gasteiger partial charge in [-0.1, -0.05) is 37.6 Å². The minimum atomic E-state index is -1.15. The number of hydrogen-bond acceptors (Lipinski definition) is 0. The Bertz CT molecular complexity index is 237. The van der Waals surface area contributed by atoms with Gasteiger partial charge in [0.05, 0.1) is 0 Å². The lowest BCUT2D eigenvalue weighted by molar-refractivity contribution is 0.599. The molecule has 0 N–H and O–H groups in total. The first-order valence-electron chi connectivity index (χ1n) is 5.28. The molecule has 0 bridgehead atoms. The number of hydrogen-bond donors (Lipinski definition) is 0. The molecule has 0 aromatic carbocycles. The summed E-state index contributed by atoms with van der Waals surface area (Å²) in [6.45, 7) is 6.87. The van der Waals surface area contributed by atoms with Gasteiger partial charge in [-0.15, -0.1) is 5.54 Å². The van der Waals surface area contributed by atoms with Crippen molar-refractivity contribution >= 4 is 8.07 Å². The van der Waals surface area contributed by atoms with Gasteiger partial charge in [-0.3, -0.25) is 0 Å². The first-order chi connectivity index (χ1) is 6.08. The molecule has 1 rings (SSSR count). The van der Waals surface area contributed by atoms with Crippen LogP contribution in [0.5, 0.6) is 0 Å². The van der Waals surface area contributed by atoms with E-state index >= 15 is 0 Å². The average molecular weight is 192 g/mol. The fourth-order valence-corrected chi connectivity index (χ4v) is 2.01. The summed E-state index contributed by atoms with van der Waals surface area (Å²) in [7, 11) is -1.15. The summed E-state index contributed by atoms with van der Waals surface area (Å²) in [5.74, 6) is 3.24. The SMILES string of the molecule is C[Si](C)(C)C#CC=C1CCCCC1. The fourth-order valence-electron chi connectivity index (χ4n) is 1.50. The minimum absolute atomic E-state index is 1.15. The Labute approximate surface area is 83.4 Å². The quantitative estimate of drug-likeness (QED) is 0.405. The standard InChI is InChI=1S/C12H20Si/c1-13(2,3)11-7-10-12-8-5-4-6-9-12/h10H,4-6,8-9H2,1-3H3. The van der Waals surface area contributed by atoms with E-state index in [9.17, 15) is 0 Å². The van der Waals surface area contributed by atoms with Gasteiger partial charge < -0.3 is 0 Å². The molecule has 0 spiro atoms. The highest BCUT2D eigenvalue weighted by Crippen LogP contribution is 2.22. The second-order valence-corrected chi connectivity index (χ2v) is 9.63. The lowest BCUT2D eigenvalue weighted by Gasteiger charge is -2.11. The van der Waals surface area contributed by atoms with Gasteiger partial charge in [-0.25, -0.2) is 0 Å².